The van der Waals surface area contributed by atoms with Crippen LogP contribution in [-0.2, 0) is 14.3 Å². The molecule has 154 valence electrons. The molecule has 2 rings (SSSR count). The van der Waals surface area contributed by atoms with Gasteiger partial charge in [-0.15, -0.1) is 0 Å². The van der Waals surface area contributed by atoms with Crippen molar-refractivity contribution in [3.05, 3.63) is 60.8 Å². The van der Waals surface area contributed by atoms with E-state index in [0.29, 0.717) is 13.2 Å². The zero-order chi connectivity index (χ0) is 20.3. The van der Waals surface area contributed by atoms with E-state index in [2.05, 4.69) is 67.7 Å². The molecule has 0 fully saturated rings. The average Bonchev–Trinajstić information content (AvgIpc) is 2.70. The molecule has 2 aliphatic carbocycles. The Morgan fingerprint density at radius 2 is 1.79 bits per heavy atom. The van der Waals surface area contributed by atoms with E-state index in [-0.39, 0.29) is 16.8 Å². The Bertz CT molecular complexity index is 608. The summed E-state index contributed by atoms with van der Waals surface area (Å²) in [7, 11) is 0. The number of carbonyl (C=O) groups excluding carboxylic acids is 1. The minimum absolute atomic E-state index is 0.0216. The Hall–Kier alpha value is -1.87. The van der Waals surface area contributed by atoms with E-state index < -0.39 is 6.10 Å². The molecule has 3 nitrogen and oxygen atoms in total. The van der Waals surface area contributed by atoms with Gasteiger partial charge in [0.05, 0.1) is 6.61 Å². The van der Waals surface area contributed by atoms with Crippen molar-refractivity contribution in [2.24, 2.45) is 10.8 Å². The fraction of sp³-hybridized carbons (Fsp3) is 0.560. The van der Waals surface area contributed by atoms with Crippen LogP contribution in [0.4, 0.5) is 0 Å². The molecule has 3 heteroatoms. The number of carbonyl (C=O) groups is 1. The summed E-state index contributed by atoms with van der Waals surface area (Å²) in [6.45, 7) is 7.11. The lowest BCUT2D eigenvalue weighted by atomic mass is 9.74. The maximum absolute atomic E-state index is 12.0. The summed E-state index contributed by atoms with van der Waals surface area (Å²) in [4.78, 5) is 12.0. The molecule has 1 atom stereocenters. The molecule has 0 N–H and O–H groups in total. The van der Waals surface area contributed by atoms with Gasteiger partial charge in [0.25, 0.3) is 0 Å². The smallest absolute Gasteiger partial charge is 0.335 e. The normalized spacial score (nSPS) is 20.1. The van der Waals surface area contributed by atoms with Crippen molar-refractivity contribution >= 4 is 5.97 Å². The summed E-state index contributed by atoms with van der Waals surface area (Å²) in [5.41, 5.74) is -0.0473. The van der Waals surface area contributed by atoms with Crippen LogP contribution in [0.1, 0.15) is 59.3 Å². The molecule has 0 aromatic carbocycles. The van der Waals surface area contributed by atoms with E-state index in [0.717, 1.165) is 38.5 Å². The van der Waals surface area contributed by atoms with Gasteiger partial charge in [-0.2, -0.15) is 0 Å². The Labute approximate surface area is 170 Å². The monoisotopic (exact) mass is 384 g/mol. The third-order valence-electron chi connectivity index (χ3n) is 5.18. The highest BCUT2D eigenvalue weighted by Crippen LogP contribution is 2.38. The Balaban J connectivity index is 1.74. The van der Waals surface area contributed by atoms with E-state index in [1.807, 2.05) is 13.8 Å². The number of esters is 1. The quantitative estimate of drug-likeness (QED) is 0.245. The summed E-state index contributed by atoms with van der Waals surface area (Å²) in [6.07, 6.45) is 27.9. The topological polar surface area (TPSA) is 35.5 Å². The second kappa shape index (κ2) is 11.2. The Morgan fingerprint density at radius 3 is 2.43 bits per heavy atom. The van der Waals surface area contributed by atoms with Crippen LogP contribution in [-0.4, -0.2) is 25.3 Å². The summed E-state index contributed by atoms with van der Waals surface area (Å²) < 4.78 is 10.8. The standard InChI is InChI=1S/C25H36O3/c1-4-21-28-22(23(26)27-5-2)13-9-6-7-10-14-24(3)17-19-25(20-18-24)15-11-8-12-16-25/h10-12,14-20,22H,4-9,13,21H2,1-3H3/b14-10-. The van der Waals surface area contributed by atoms with Crippen LogP contribution in [0.3, 0.4) is 0 Å². The van der Waals surface area contributed by atoms with E-state index >= 15 is 0 Å². The van der Waals surface area contributed by atoms with Gasteiger partial charge >= 0.3 is 5.97 Å². The highest BCUT2D eigenvalue weighted by atomic mass is 16.6. The van der Waals surface area contributed by atoms with Gasteiger partial charge in [-0.1, -0.05) is 67.7 Å². The van der Waals surface area contributed by atoms with Gasteiger partial charge < -0.3 is 9.47 Å². The van der Waals surface area contributed by atoms with Gasteiger partial charge in [-0.3, -0.25) is 0 Å². The lowest BCUT2D eigenvalue weighted by Crippen LogP contribution is -2.27. The average molecular weight is 385 g/mol. The van der Waals surface area contributed by atoms with E-state index in [1.165, 1.54) is 0 Å². The van der Waals surface area contributed by atoms with Crippen LogP contribution < -0.4 is 0 Å². The van der Waals surface area contributed by atoms with Crippen LogP contribution in [0.2, 0.25) is 0 Å². The molecule has 0 bridgehead atoms. The van der Waals surface area contributed by atoms with Gasteiger partial charge in [0.15, 0.2) is 6.10 Å². The van der Waals surface area contributed by atoms with Crippen LogP contribution >= 0.6 is 0 Å². The zero-order valence-electron chi connectivity index (χ0n) is 17.7. The predicted molar refractivity (Wildman–Crippen MR) is 116 cm³/mol. The van der Waals surface area contributed by atoms with Crippen LogP contribution in [0.15, 0.2) is 60.8 Å². The van der Waals surface area contributed by atoms with E-state index in [9.17, 15) is 4.79 Å². The van der Waals surface area contributed by atoms with Gasteiger partial charge in [0, 0.05) is 17.4 Å². The predicted octanol–water partition coefficient (Wildman–Crippen LogP) is 6.10. The highest BCUT2D eigenvalue weighted by molar-refractivity contribution is 5.74. The molecule has 0 aromatic rings. The number of hydrogen-bond donors (Lipinski definition) is 0. The maximum atomic E-state index is 12.0. The molecular weight excluding hydrogens is 348 g/mol. The molecule has 28 heavy (non-hydrogen) atoms. The summed E-state index contributed by atoms with van der Waals surface area (Å²) >= 11 is 0. The van der Waals surface area contributed by atoms with Crippen LogP contribution in [0, 0.1) is 10.8 Å². The van der Waals surface area contributed by atoms with Crippen molar-refractivity contribution in [2.75, 3.05) is 13.2 Å². The number of unbranched alkanes of at least 4 members (excludes halogenated alkanes) is 2. The largest absolute Gasteiger partial charge is 0.464 e. The Kier molecular flexibility index (Phi) is 8.98. The summed E-state index contributed by atoms with van der Waals surface area (Å²) in [5.74, 6) is -0.226. The summed E-state index contributed by atoms with van der Waals surface area (Å²) in [5, 5.41) is 0. The minimum atomic E-state index is -0.418. The van der Waals surface area contributed by atoms with Crippen LogP contribution in [0.5, 0.6) is 0 Å². The highest BCUT2D eigenvalue weighted by Gasteiger charge is 2.26. The van der Waals surface area contributed by atoms with Crippen molar-refractivity contribution in [2.45, 2.75) is 65.4 Å². The first-order valence-electron chi connectivity index (χ1n) is 10.7. The van der Waals surface area contributed by atoms with Crippen molar-refractivity contribution in [1.29, 1.82) is 0 Å². The molecule has 1 spiro atoms. The number of hydrogen-bond acceptors (Lipinski definition) is 3. The third-order valence-corrected chi connectivity index (χ3v) is 5.18. The van der Waals surface area contributed by atoms with Crippen molar-refractivity contribution in [3.63, 3.8) is 0 Å². The van der Waals surface area contributed by atoms with E-state index in [1.54, 1.807) is 0 Å². The first kappa shape index (κ1) is 22.4. The molecule has 0 aromatic heterocycles. The third kappa shape index (κ3) is 6.94. The van der Waals surface area contributed by atoms with Gasteiger partial charge in [-0.25, -0.2) is 4.79 Å². The van der Waals surface area contributed by atoms with Crippen molar-refractivity contribution < 1.29 is 14.3 Å². The summed E-state index contributed by atoms with van der Waals surface area (Å²) in [6, 6.07) is 0. The molecule has 0 saturated carbocycles. The fourth-order valence-electron chi connectivity index (χ4n) is 3.46. The molecule has 0 aliphatic heterocycles. The second-order valence-electron chi connectivity index (χ2n) is 7.87. The molecule has 1 unspecified atom stereocenters. The number of ether oxygens (including phenoxy) is 2. The van der Waals surface area contributed by atoms with Gasteiger partial charge in [0.2, 0.25) is 0 Å². The van der Waals surface area contributed by atoms with E-state index in [4.69, 9.17) is 9.47 Å². The lowest BCUT2D eigenvalue weighted by Gasteiger charge is -2.30. The first-order valence-corrected chi connectivity index (χ1v) is 10.7. The molecule has 0 saturated heterocycles. The van der Waals surface area contributed by atoms with Crippen molar-refractivity contribution in [3.8, 4) is 0 Å². The minimum Gasteiger partial charge on any atom is -0.464 e. The molecular formula is C25H36O3. The fourth-order valence-corrected chi connectivity index (χ4v) is 3.46. The number of rotatable bonds is 11. The molecule has 0 heterocycles. The van der Waals surface area contributed by atoms with Gasteiger partial charge in [0.1, 0.15) is 0 Å². The van der Waals surface area contributed by atoms with Crippen LogP contribution in [0.25, 0.3) is 0 Å². The Morgan fingerprint density at radius 1 is 1.07 bits per heavy atom. The number of allylic oxidation sites excluding steroid dienone is 10. The molecule has 0 radical (unpaired) electrons. The van der Waals surface area contributed by atoms with Gasteiger partial charge in [-0.05, 0) is 52.4 Å². The van der Waals surface area contributed by atoms with Crippen molar-refractivity contribution in [1.82, 2.24) is 0 Å². The SMILES string of the molecule is CCCOC(CCCC/C=C\C1(C)C=CC2(C=CCC=C2)C=C1)C(=O)OCC. The first-order chi connectivity index (χ1) is 13.5. The lowest BCUT2D eigenvalue weighted by molar-refractivity contribution is -0.157. The molecule has 2 aliphatic rings. The molecule has 0 amide bonds. The zero-order valence-corrected chi connectivity index (χ0v) is 17.7. The second-order valence-corrected chi connectivity index (χ2v) is 7.87. The maximum Gasteiger partial charge on any atom is 0.335 e.